The van der Waals surface area contributed by atoms with Crippen molar-refractivity contribution >= 4 is 17.3 Å². The van der Waals surface area contributed by atoms with Crippen LogP contribution in [0.3, 0.4) is 0 Å². The van der Waals surface area contributed by atoms with Gasteiger partial charge >= 0.3 is 0 Å². The molecule has 0 amide bonds. The average molecular weight is 308 g/mol. The minimum Gasteiger partial charge on any atom is -0.356 e. The fourth-order valence-electron chi connectivity index (χ4n) is 2.92. The topological polar surface area (TPSA) is 49.3 Å². The van der Waals surface area contributed by atoms with Gasteiger partial charge in [-0.3, -0.25) is 4.99 Å². The maximum absolute atomic E-state index is 4.55. The zero-order valence-corrected chi connectivity index (χ0v) is 14.5. The molecule has 1 saturated carbocycles. The maximum atomic E-state index is 4.55. The lowest BCUT2D eigenvalue weighted by atomic mass is 9.80. The SMILES string of the molecule is CN=C(NCc1nc(C)c(C)s1)NCC1CCCCC1C. The highest BCUT2D eigenvalue weighted by Gasteiger charge is 2.21. The molecule has 118 valence electrons. The van der Waals surface area contributed by atoms with Crippen LogP contribution in [0, 0.1) is 25.7 Å². The van der Waals surface area contributed by atoms with E-state index < -0.39 is 0 Å². The van der Waals surface area contributed by atoms with Gasteiger partial charge in [-0.25, -0.2) is 4.98 Å². The Morgan fingerprint density at radius 1 is 1.29 bits per heavy atom. The Labute approximate surface area is 132 Å². The molecule has 21 heavy (non-hydrogen) atoms. The third-order valence-electron chi connectivity index (χ3n) is 4.52. The lowest BCUT2D eigenvalue weighted by Gasteiger charge is -2.29. The Balaban J connectivity index is 1.78. The molecule has 1 heterocycles. The van der Waals surface area contributed by atoms with Crippen LogP contribution in [0.15, 0.2) is 4.99 Å². The van der Waals surface area contributed by atoms with E-state index in [2.05, 4.69) is 41.4 Å². The van der Waals surface area contributed by atoms with E-state index in [0.29, 0.717) is 0 Å². The molecule has 1 aliphatic carbocycles. The Morgan fingerprint density at radius 3 is 2.67 bits per heavy atom. The standard InChI is InChI=1S/C16H28N4S/c1-11-7-5-6-8-14(11)9-18-16(17-4)19-10-15-20-12(2)13(3)21-15/h11,14H,5-10H2,1-4H3,(H2,17,18,19). The first-order chi connectivity index (χ1) is 10.1. The predicted octanol–water partition coefficient (Wildman–Crippen LogP) is 3.25. The van der Waals surface area contributed by atoms with Crippen LogP contribution >= 0.6 is 11.3 Å². The van der Waals surface area contributed by atoms with Crippen LogP contribution in [0.2, 0.25) is 0 Å². The molecule has 0 radical (unpaired) electrons. The second-order valence-electron chi connectivity index (χ2n) is 6.08. The van der Waals surface area contributed by atoms with Gasteiger partial charge in [-0.1, -0.05) is 26.2 Å². The van der Waals surface area contributed by atoms with Gasteiger partial charge in [0.25, 0.3) is 0 Å². The molecule has 4 nitrogen and oxygen atoms in total. The van der Waals surface area contributed by atoms with Crippen LogP contribution < -0.4 is 10.6 Å². The van der Waals surface area contributed by atoms with Crippen molar-refractivity contribution in [2.24, 2.45) is 16.8 Å². The van der Waals surface area contributed by atoms with Crippen LogP contribution in [0.5, 0.6) is 0 Å². The summed E-state index contributed by atoms with van der Waals surface area (Å²) in [7, 11) is 1.83. The molecular formula is C16H28N4S. The first kappa shape index (κ1) is 16.3. The molecular weight excluding hydrogens is 280 g/mol. The van der Waals surface area contributed by atoms with Gasteiger partial charge in [0.1, 0.15) is 5.01 Å². The first-order valence-electron chi connectivity index (χ1n) is 7.97. The highest BCUT2D eigenvalue weighted by atomic mass is 32.1. The van der Waals surface area contributed by atoms with Crippen LogP contribution in [0.4, 0.5) is 0 Å². The summed E-state index contributed by atoms with van der Waals surface area (Å²) in [5.74, 6) is 2.49. The second kappa shape index (κ2) is 7.78. The van der Waals surface area contributed by atoms with Crippen molar-refractivity contribution in [1.82, 2.24) is 15.6 Å². The van der Waals surface area contributed by atoms with Gasteiger partial charge in [-0.15, -0.1) is 11.3 Å². The second-order valence-corrected chi connectivity index (χ2v) is 7.37. The molecule has 0 spiro atoms. The minimum absolute atomic E-state index is 0.749. The van der Waals surface area contributed by atoms with E-state index in [4.69, 9.17) is 0 Å². The number of aliphatic imine (C=N–C) groups is 1. The Kier molecular flexibility index (Phi) is 6.03. The number of aromatic nitrogens is 1. The zero-order valence-electron chi connectivity index (χ0n) is 13.7. The molecule has 0 bridgehead atoms. The zero-order chi connectivity index (χ0) is 15.2. The van der Waals surface area contributed by atoms with E-state index in [-0.39, 0.29) is 0 Å². The van der Waals surface area contributed by atoms with E-state index in [1.807, 2.05) is 7.05 Å². The van der Waals surface area contributed by atoms with Crippen LogP contribution in [-0.4, -0.2) is 24.5 Å². The smallest absolute Gasteiger partial charge is 0.191 e. The molecule has 1 fully saturated rings. The fraction of sp³-hybridized carbons (Fsp3) is 0.750. The molecule has 2 N–H and O–H groups in total. The van der Waals surface area contributed by atoms with E-state index in [1.54, 1.807) is 11.3 Å². The summed E-state index contributed by atoms with van der Waals surface area (Å²) in [6, 6.07) is 0. The van der Waals surface area contributed by atoms with Gasteiger partial charge in [-0.2, -0.15) is 0 Å². The average Bonchev–Trinajstić information content (AvgIpc) is 2.79. The summed E-state index contributed by atoms with van der Waals surface area (Å²) in [5.41, 5.74) is 1.13. The molecule has 1 aromatic heterocycles. The Hall–Kier alpha value is -1.10. The van der Waals surface area contributed by atoms with Crippen molar-refractivity contribution in [3.05, 3.63) is 15.6 Å². The molecule has 5 heteroatoms. The Morgan fingerprint density at radius 2 is 2.05 bits per heavy atom. The molecule has 0 aromatic carbocycles. The van der Waals surface area contributed by atoms with Crippen molar-refractivity contribution in [3.8, 4) is 0 Å². The lowest BCUT2D eigenvalue weighted by molar-refractivity contribution is 0.256. The van der Waals surface area contributed by atoms with Gasteiger partial charge in [0.15, 0.2) is 5.96 Å². The van der Waals surface area contributed by atoms with Crippen molar-refractivity contribution in [2.75, 3.05) is 13.6 Å². The maximum Gasteiger partial charge on any atom is 0.191 e. The third-order valence-corrected chi connectivity index (χ3v) is 5.60. The molecule has 1 aliphatic rings. The molecule has 2 rings (SSSR count). The largest absolute Gasteiger partial charge is 0.356 e. The number of nitrogens with zero attached hydrogens (tertiary/aromatic N) is 2. The summed E-state index contributed by atoms with van der Waals surface area (Å²) in [6.07, 6.45) is 5.49. The number of nitrogens with one attached hydrogen (secondary N) is 2. The number of hydrogen-bond acceptors (Lipinski definition) is 3. The van der Waals surface area contributed by atoms with Crippen molar-refractivity contribution in [2.45, 2.75) is 53.0 Å². The number of hydrogen-bond donors (Lipinski definition) is 2. The minimum atomic E-state index is 0.749. The van der Waals surface area contributed by atoms with Gasteiger partial charge in [0, 0.05) is 18.5 Å². The number of thiazole rings is 1. The number of rotatable bonds is 4. The number of guanidine groups is 1. The van der Waals surface area contributed by atoms with Crippen molar-refractivity contribution in [3.63, 3.8) is 0 Å². The van der Waals surface area contributed by atoms with Crippen molar-refractivity contribution < 1.29 is 0 Å². The number of aryl methyl sites for hydroxylation is 2. The van der Waals surface area contributed by atoms with Crippen molar-refractivity contribution in [1.29, 1.82) is 0 Å². The van der Waals surface area contributed by atoms with E-state index >= 15 is 0 Å². The van der Waals surface area contributed by atoms with E-state index in [1.165, 1.54) is 30.6 Å². The highest BCUT2D eigenvalue weighted by Crippen LogP contribution is 2.28. The highest BCUT2D eigenvalue weighted by molar-refractivity contribution is 7.11. The molecule has 2 atom stereocenters. The van der Waals surface area contributed by atoms with Gasteiger partial charge in [0.05, 0.1) is 12.2 Å². The van der Waals surface area contributed by atoms with Gasteiger partial charge in [0.2, 0.25) is 0 Å². The summed E-state index contributed by atoms with van der Waals surface area (Å²) in [5, 5.41) is 7.97. The van der Waals surface area contributed by atoms with Gasteiger partial charge in [-0.05, 0) is 32.1 Å². The molecule has 0 saturated heterocycles. The summed E-state index contributed by atoms with van der Waals surface area (Å²) < 4.78 is 0. The predicted molar refractivity (Wildman–Crippen MR) is 90.9 cm³/mol. The monoisotopic (exact) mass is 308 g/mol. The molecule has 0 aliphatic heterocycles. The van der Waals surface area contributed by atoms with E-state index in [9.17, 15) is 0 Å². The normalized spacial score (nSPS) is 23.1. The first-order valence-corrected chi connectivity index (χ1v) is 8.79. The lowest BCUT2D eigenvalue weighted by Crippen LogP contribution is -2.41. The van der Waals surface area contributed by atoms with Crippen LogP contribution in [0.1, 0.15) is 48.2 Å². The summed E-state index contributed by atoms with van der Waals surface area (Å²) in [6.45, 7) is 8.33. The molecule has 2 unspecified atom stereocenters. The Bertz CT molecular complexity index is 461. The van der Waals surface area contributed by atoms with Crippen LogP contribution in [-0.2, 0) is 6.54 Å². The fourth-order valence-corrected chi connectivity index (χ4v) is 3.79. The summed E-state index contributed by atoms with van der Waals surface area (Å²) in [4.78, 5) is 10.2. The molecule has 1 aromatic rings. The van der Waals surface area contributed by atoms with Crippen LogP contribution in [0.25, 0.3) is 0 Å². The quantitative estimate of drug-likeness (QED) is 0.663. The third kappa shape index (κ3) is 4.70. The summed E-state index contributed by atoms with van der Waals surface area (Å²) >= 11 is 1.76. The van der Waals surface area contributed by atoms with Gasteiger partial charge < -0.3 is 10.6 Å². The van der Waals surface area contributed by atoms with E-state index in [0.717, 1.165) is 41.6 Å².